The number of piperidine rings is 1. The number of ether oxygens (including phenoxy) is 1. The minimum atomic E-state index is -2.57. The maximum Gasteiger partial charge on any atom is 0.256 e. The van der Waals surface area contributed by atoms with Crippen LogP contribution in [0.1, 0.15) is 53.4 Å². The van der Waals surface area contributed by atoms with Crippen molar-refractivity contribution in [2.45, 2.75) is 58.6 Å². The summed E-state index contributed by atoms with van der Waals surface area (Å²) in [4.78, 5) is 18.9. The summed E-state index contributed by atoms with van der Waals surface area (Å²) in [6.45, 7) is 7.75. The van der Waals surface area contributed by atoms with Gasteiger partial charge in [-0.15, -0.1) is 0 Å². The van der Waals surface area contributed by atoms with Crippen molar-refractivity contribution in [1.29, 1.82) is 0 Å². The molecule has 0 radical (unpaired) electrons. The van der Waals surface area contributed by atoms with E-state index < -0.39 is 11.3 Å². The minimum absolute atomic E-state index is 0.0264. The Balaban J connectivity index is 1.40. The van der Waals surface area contributed by atoms with E-state index in [1.165, 1.54) is 0 Å². The molecule has 2 aliphatic heterocycles. The summed E-state index contributed by atoms with van der Waals surface area (Å²) in [5.41, 5.74) is 2.57. The number of halogens is 2. The van der Waals surface area contributed by atoms with Gasteiger partial charge in [-0.2, -0.15) is 0 Å². The van der Waals surface area contributed by atoms with E-state index in [9.17, 15) is 13.6 Å². The van der Waals surface area contributed by atoms with Crippen LogP contribution in [0.2, 0.25) is 0 Å². The fourth-order valence-electron chi connectivity index (χ4n) is 3.97. The molecule has 1 amide bonds. The summed E-state index contributed by atoms with van der Waals surface area (Å²) in [6.07, 6.45) is 1.56. The number of amides is 1. The van der Waals surface area contributed by atoms with Crippen LogP contribution in [0, 0.1) is 19.3 Å². The van der Waals surface area contributed by atoms with Gasteiger partial charge in [-0.3, -0.25) is 4.79 Å². The molecule has 2 fully saturated rings. The van der Waals surface area contributed by atoms with Crippen molar-refractivity contribution in [1.82, 2.24) is 10.3 Å². The highest BCUT2D eigenvalue weighted by Crippen LogP contribution is 2.60. The van der Waals surface area contributed by atoms with E-state index in [0.29, 0.717) is 12.1 Å². The molecule has 3 heterocycles. The van der Waals surface area contributed by atoms with Crippen molar-refractivity contribution in [3.05, 3.63) is 22.4 Å². The Labute approximate surface area is 152 Å². The van der Waals surface area contributed by atoms with E-state index >= 15 is 0 Å². The van der Waals surface area contributed by atoms with Crippen molar-refractivity contribution >= 4 is 11.7 Å². The minimum Gasteiger partial charge on any atom is -0.377 e. The molecule has 0 aromatic carbocycles. The van der Waals surface area contributed by atoms with Gasteiger partial charge in [0, 0.05) is 19.5 Å². The molecule has 5 nitrogen and oxygen atoms in total. The van der Waals surface area contributed by atoms with Crippen LogP contribution < -0.4 is 10.2 Å². The van der Waals surface area contributed by atoms with Gasteiger partial charge in [-0.25, -0.2) is 13.8 Å². The Morgan fingerprint density at radius 3 is 2.54 bits per heavy atom. The number of aromatic nitrogens is 1. The molecule has 142 valence electrons. The summed E-state index contributed by atoms with van der Waals surface area (Å²) >= 11 is 0. The second-order valence-corrected chi connectivity index (χ2v) is 8.13. The maximum atomic E-state index is 13.3. The predicted molar refractivity (Wildman–Crippen MR) is 93.7 cm³/mol. The van der Waals surface area contributed by atoms with Crippen LogP contribution in [-0.4, -0.2) is 42.6 Å². The summed E-state index contributed by atoms with van der Waals surface area (Å²) in [5.74, 6) is -1.68. The fourth-order valence-corrected chi connectivity index (χ4v) is 3.97. The predicted octanol–water partition coefficient (Wildman–Crippen LogP) is 2.97. The van der Waals surface area contributed by atoms with Crippen molar-refractivity contribution in [2.24, 2.45) is 5.41 Å². The molecule has 3 aliphatic rings. The zero-order chi connectivity index (χ0) is 18.7. The Morgan fingerprint density at radius 2 is 1.92 bits per heavy atom. The monoisotopic (exact) mass is 365 g/mol. The van der Waals surface area contributed by atoms with Crippen LogP contribution in [0.25, 0.3) is 0 Å². The lowest BCUT2D eigenvalue weighted by Crippen LogP contribution is -2.39. The third kappa shape index (κ3) is 2.76. The van der Waals surface area contributed by atoms with Gasteiger partial charge in [0.15, 0.2) is 0 Å². The number of nitrogens with zero attached hydrogens (tertiary/aromatic N) is 2. The molecule has 7 heteroatoms. The van der Waals surface area contributed by atoms with Gasteiger partial charge in [0.2, 0.25) is 0 Å². The molecule has 1 saturated heterocycles. The highest BCUT2D eigenvalue weighted by atomic mass is 19.3. The van der Waals surface area contributed by atoms with E-state index in [2.05, 4.69) is 10.2 Å². The lowest BCUT2D eigenvalue weighted by molar-refractivity contribution is -0.0245. The summed E-state index contributed by atoms with van der Waals surface area (Å²) in [6, 6.07) is 0. The number of rotatable bonds is 4. The third-order valence-electron chi connectivity index (χ3n) is 6.20. The van der Waals surface area contributed by atoms with Crippen LogP contribution >= 0.6 is 0 Å². The first-order valence-corrected chi connectivity index (χ1v) is 9.24. The first kappa shape index (κ1) is 17.6. The topological polar surface area (TPSA) is 54.5 Å². The van der Waals surface area contributed by atoms with E-state index in [4.69, 9.17) is 9.72 Å². The fraction of sp³-hybridized carbons (Fsp3) is 0.684. The zero-order valence-electron chi connectivity index (χ0n) is 15.5. The quantitative estimate of drug-likeness (QED) is 0.891. The number of fused-ring (bicyclic) bond motifs is 1. The second kappa shape index (κ2) is 5.87. The molecule has 0 spiro atoms. The van der Waals surface area contributed by atoms with E-state index in [1.54, 1.807) is 6.92 Å². The van der Waals surface area contributed by atoms with Crippen LogP contribution in [0.5, 0.6) is 0 Å². The van der Waals surface area contributed by atoms with Crippen molar-refractivity contribution in [3.63, 3.8) is 0 Å². The van der Waals surface area contributed by atoms with Crippen LogP contribution in [0.4, 0.5) is 14.6 Å². The first-order chi connectivity index (χ1) is 12.2. The van der Waals surface area contributed by atoms with Gasteiger partial charge in [-0.1, -0.05) is 6.92 Å². The molecular formula is C19H25F2N3O2. The Kier molecular flexibility index (Phi) is 3.99. The molecule has 1 atom stereocenters. The highest BCUT2D eigenvalue weighted by molar-refractivity contribution is 5.99. The van der Waals surface area contributed by atoms with Crippen molar-refractivity contribution < 1.29 is 18.3 Å². The average molecular weight is 365 g/mol. The lowest BCUT2D eigenvalue weighted by atomic mass is 10.0. The van der Waals surface area contributed by atoms with Gasteiger partial charge < -0.3 is 15.0 Å². The largest absolute Gasteiger partial charge is 0.377 e. The number of nitrogens with one attached hydrogen (secondary N) is 1. The first-order valence-electron chi connectivity index (χ1n) is 9.24. The molecular weight excluding hydrogens is 340 g/mol. The van der Waals surface area contributed by atoms with Crippen molar-refractivity contribution in [3.8, 4) is 0 Å². The zero-order valence-corrected chi connectivity index (χ0v) is 15.5. The molecule has 1 unspecified atom stereocenters. The smallest absolute Gasteiger partial charge is 0.256 e. The van der Waals surface area contributed by atoms with E-state index in [0.717, 1.165) is 48.6 Å². The molecule has 1 N–H and O–H groups in total. The molecule has 26 heavy (non-hydrogen) atoms. The Morgan fingerprint density at radius 1 is 1.27 bits per heavy atom. The van der Waals surface area contributed by atoms with E-state index in [1.807, 2.05) is 13.8 Å². The van der Waals surface area contributed by atoms with Crippen LogP contribution in [-0.2, 0) is 11.3 Å². The van der Waals surface area contributed by atoms with Crippen LogP contribution in [0.15, 0.2) is 0 Å². The highest BCUT2D eigenvalue weighted by Gasteiger charge is 2.68. The molecule has 1 aromatic rings. The summed E-state index contributed by atoms with van der Waals surface area (Å²) in [5, 5.41) is 2.83. The number of hydrogen-bond donors (Lipinski definition) is 1. The van der Waals surface area contributed by atoms with Gasteiger partial charge in [-0.05, 0) is 37.8 Å². The Hall–Kier alpha value is -1.76. The second-order valence-electron chi connectivity index (χ2n) is 8.13. The summed E-state index contributed by atoms with van der Waals surface area (Å²) < 4.78 is 32.4. The number of hydrogen-bond acceptors (Lipinski definition) is 4. The van der Waals surface area contributed by atoms with Gasteiger partial charge in [0.25, 0.3) is 11.8 Å². The number of pyridine rings is 1. The third-order valence-corrected chi connectivity index (χ3v) is 6.20. The number of anilines is 1. The molecule has 0 bridgehead atoms. The van der Waals surface area contributed by atoms with Gasteiger partial charge >= 0.3 is 0 Å². The maximum absolute atomic E-state index is 13.3. The van der Waals surface area contributed by atoms with E-state index in [-0.39, 0.29) is 25.0 Å². The number of carbonyl (C=O) groups is 1. The lowest BCUT2D eigenvalue weighted by Gasteiger charge is -2.34. The Bertz CT molecular complexity index is 760. The van der Waals surface area contributed by atoms with Gasteiger partial charge in [0.1, 0.15) is 5.82 Å². The molecule has 4 rings (SSSR count). The standard InChI is InChI=1S/C19H25F2N3O2/c1-11-12(2)16(23-14-8-22-17(25)15(11)14)24-6-4-13(5-7-24)26-10-18(3)9-19(18,20)21/h13H,4-10H2,1-3H3,(H,22,25). The molecule has 1 aromatic heterocycles. The molecule has 1 saturated carbocycles. The van der Waals surface area contributed by atoms with Crippen molar-refractivity contribution in [2.75, 3.05) is 24.6 Å². The number of alkyl halides is 2. The average Bonchev–Trinajstić information content (AvgIpc) is 2.91. The SMILES string of the molecule is Cc1c(N2CCC(OCC3(C)CC3(F)F)CC2)nc2c(c1C)C(=O)NC2. The van der Waals surface area contributed by atoms with Gasteiger partial charge in [0.05, 0.1) is 35.9 Å². The summed E-state index contributed by atoms with van der Waals surface area (Å²) in [7, 11) is 0. The van der Waals surface area contributed by atoms with Crippen LogP contribution in [0.3, 0.4) is 0 Å². The number of carbonyl (C=O) groups excluding carboxylic acids is 1. The normalized spacial score (nSPS) is 27.4. The molecule has 1 aliphatic carbocycles.